The normalized spacial score (nSPS) is 11.0. The fourth-order valence-electron chi connectivity index (χ4n) is 2.44. The number of imidazole rings is 1. The van der Waals surface area contributed by atoms with Crippen molar-refractivity contribution in [3.05, 3.63) is 58.3 Å². The lowest BCUT2D eigenvalue weighted by atomic mass is 10.2. The summed E-state index contributed by atoms with van der Waals surface area (Å²) >= 11 is 3.49. The number of anilines is 1. The first kappa shape index (κ1) is 14.1. The average Bonchev–Trinajstić information content (AvgIpc) is 2.77. The number of hydrogen-bond donors (Lipinski definition) is 1. The molecule has 2 aromatic carbocycles. The number of benzene rings is 2. The summed E-state index contributed by atoms with van der Waals surface area (Å²) in [6.07, 6.45) is 0.899. The van der Waals surface area contributed by atoms with Crippen LogP contribution in [0.3, 0.4) is 0 Å². The molecule has 1 aromatic heterocycles. The van der Waals surface area contributed by atoms with Crippen LogP contribution in [0.1, 0.15) is 11.4 Å². The summed E-state index contributed by atoms with van der Waals surface area (Å²) in [5, 5.41) is 3.44. The molecule has 3 aromatic rings. The van der Waals surface area contributed by atoms with E-state index in [0.29, 0.717) is 0 Å². The molecule has 0 atom stereocenters. The first-order valence-electron chi connectivity index (χ1n) is 7.05. The Labute approximate surface area is 133 Å². The van der Waals surface area contributed by atoms with Gasteiger partial charge >= 0.3 is 0 Å². The molecule has 0 bridgehead atoms. The molecule has 0 unspecified atom stereocenters. The Morgan fingerprint density at radius 3 is 2.67 bits per heavy atom. The van der Waals surface area contributed by atoms with Crippen molar-refractivity contribution in [1.29, 1.82) is 0 Å². The molecule has 1 heterocycles. The highest BCUT2D eigenvalue weighted by Crippen LogP contribution is 2.20. The van der Waals surface area contributed by atoms with Crippen molar-refractivity contribution in [3.8, 4) is 0 Å². The molecule has 0 saturated heterocycles. The third-order valence-electron chi connectivity index (χ3n) is 3.66. The van der Waals surface area contributed by atoms with Crippen LogP contribution in [-0.2, 0) is 13.5 Å². The predicted molar refractivity (Wildman–Crippen MR) is 91.8 cm³/mol. The summed E-state index contributed by atoms with van der Waals surface area (Å²) in [7, 11) is 2.07. The van der Waals surface area contributed by atoms with Crippen molar-refractivity contribution in [3.63, 3.8) is 0 Å². The zero-order valence-corrected chi connectivity index (χ0v) is 13.8. The lowest BCUT2D eigenvalue weighted by Gasteiger charge is -2.07. The van der Waals surface area contributed by atoms with Crippen molar-refractivity contribution >= 4 is 32.7 Å². The Kier molecular flexibility index (Phi) is 3.97. The van der Waals surface area contributed by atoms with Crippen LogP contribution in [0.15, 0.2) is 46.9 Å². The Morgan fingerprint density at radius 1 is 1.14 bits per heavy atom. The topological polar surface area (TPSA) is 29.9 Å². The maximum Gasteiger partial charge on any atom is 0.111 e. The van der Waals surface area contributed by atoms with Crippen molar-refractivity contribution in [2.24, 2.45) is 7.05 Å². The van der Waals surface area contributed by atoms with E-state index < -0.39 is 0 Å². The summed E-state index contributed by atoms with van der Waals surface area (Å²) in [4.78, 5) is 4.71. The van der Waals surface area contributed by atoms with Gasteiger partial charge in [0.15, 0.2) is 0 Å². The second-order valence-electron chi connectivity index (χ2n) is 5.26. The molecular weight excluding hydrogens is 326 g/mol. The SMILES string of the molecule is Cc1ccc(NCCc2nc3cc(Br)ccc3n2C)cc1. The van der Waals surface area contributed by atoms with E-state index in [9.17, 15) is 0 Å². The summed E-state index contributed by atoms with van der Waals surface area (Å²) < 4.78 is 3.23. The second kappa shape index (κ2) is 5.90. The molecule has 0 fully saturated rings. The van der Waals surface area contributed by atoms with Crippen LogP contribution < -0.4 is 5.32 Å². The molecule has 0 aliphatic carbocycles. The Balaban J connectivity index is 1.70. The molecule has 0 spiro atoms. The third kappa shape index (κ3) is 3.10. The number of rotatable bonds is 4. The van der Waals surface area contributed by atoms with E-state index in [1.165, 1.54) is 11.1 Å². The van der Waals surface area contributed by atoms with Gasteiger partial charge in [-0.3, -0.25) is 0 Å². The molecule has 1 N–H and O–H groups in total. The van der Waals surface area contributed by atoms with Crippen molar-refractivity contribution in [2.75, 3.05) is 11.9 Å². The molecule has 21 heavy (non-hydrogen) atoms. The van der Waals surface area contributed by atoms with Crippen LogP contribution in [0.25, 0.3) is 11.0 Å². The number of fused-ring (bicyclic) bond motifs is 1. The van der Waals surface area contributed by atoms with Gasteiger partial charge in [0.25, 0.3) is 0 Å². The molecule has 108 valence electrons. The molecule has 0 amide bonds. The molecule has 0 aliphatic rings. The minimum Gasteiger partial charge on any atom is -0.385 e. The molecule has 4 heteroatoms. The summed E-state index contributed by atoms with van der Waals surface area (Å²) in [6, 6.07) is 14.7. The minimum atomic E-state index is 0.876. The van der Waals surface area contributed by atoms with Crippen LogP contribution in [0.2, 0.25) is 0 Å². The maximum absolute atomic E-state index is 4.71. The Morgan fingerprint density at radius 2 is 1.90 bits per heavy atom. The van der Waals surface area contributed by atoms with E-state index >= 15 is 0 Å². The van der Waals surface area contributed by atoms with Gasteiger partial charge in [0.05, 0.1) is 11.0 Å². The van der Waals surface area contributed by atoms with Crippen LogP contribution in [0.5, 0.6) is 0 Å². The summed E-state index contributed by atoms with van der Waals surface area (Å²) in [6.45, 7) is 2.97. The first-order chi connectivity index (χ1) is 10.1. The van der Waals surface area contributed by atoms with Gasteiger partial charge in [-0.2, -0.15) is 0 Å². The monoisotopic (exact) mass is 343 g/mol. The van der Waals surface area contributed by atoms with E-state index in [-0.39, 0.29) is 0 Å². The number of hydrogen-bond acceptors (Lipinski definition) is 2. The fraction of sp³-hybridized carbons (Fsp3) is 0.235. The lowest BCUT2D eigenvalue weighted by Crippen LogP contribution is -2.08. The van der Waals surface area contributed by atoms with Gasteiger partial charge in [-0.25, -0.2) is 4.98 Å². The standard InChI is InChI=1S/C17H18BrN3/c1-12-3-6-14(7-4-12)19-10-9-17-20-15-11-13(18)5-8-16(15)21(17)2/h3-8,11,19H,9-10H2,1-2H3. The van der Waals surface area contributed by atoms with Crippen molar-refractivity contribution < 1.29 is 0 Å². The van der Waals surface area contributed by atoms with E-state index in [4.69, 9.17) is 4.98 Å². The number of nitrogens with one attached hydrogen (secondary N) is 1. The van der Waals surface area contributed by atoms with Gasteiger partial charge in [0.1, 0.15) is 5.82 Å². The molecule has 3 nitrogen and oxygen atoms in total. The second-order valence-corrected chi connectivity index (χ2v) is 6.18. The quantitative estimate of drug-likeness (QED) is 0.765. The molecule has 0 aliphatic heterocycles. The van der Waals surface area contributed by atoms with Gasteiger partial charge in [-0.1, -0.05) is 33.6 Å². The highest BCUT2D eigenvalue weighted by Gasteiger charge is 2.07. The third-order valence-corrected chi connectivity index (χ3v) is 4.16. The predicted octanol–water partition coefficient (Wildman–Crippen LogP) is 4.30. The maximum atomic E-state index is 4.71. The largest absolute Gasteiger partial charge is 0.385 e. The summed E-state index contributed by atoms with van der Waals surface area (Å²) in [5.74, 6) is 1.10. The molecular formula is C17H18BrN3. The summed E-state index contributed by atoms with van der Waals surface area (Å²) in [5.41, 5.74) is 4.64. The minimum absolute atomic E-state index is 0.876. The van der Waals surface area contributed by atoms with Gasteiger partial charge in [-0.15, -0.1) is 0 Å². The smallest absolute Gasteiger partial charge is 0.111 e. The van der Waals surface area contributed by atoms with Gasteiger partial charge in [0, 0.05) is 30.2 Å². The van der Waals surface area contributed by atoms with E-state index in [1.54, 1.807) is 0 Å². The molecule has 0 saturated carbocycles. The zero-order chi connectivity index (χ0) is 14.8. The number of halogens is 1. The van der Waals surface area contributed by atoms with Crippen molar-refractivity contribution in [2.45, 2.75) is 13.3 Å². The van der Waals surface area contributed by atoms with Crippen LogP contribution in [0.4, 0.5) is 5.69 Å². The number of nitrogens with zero attached hydrogens (tertiary/aromatic N) is 2. The Hall–Kier alpha value is -1.81. The highest BCUT2D eigenvalue weighted by atomic mass is 79.9. The van der Waals surface area contributed by atoms with Gasteiger partial charge in [0.2, 0.25) is 0 Å². The number of aromatic nitrogens is 2. The first-order valence-corrected chi connectivity index (χ1v) is 7.84. The molecule has 3 rings (SSSR count). The lowest BCUT2D eigenvalue weighted by molar-refractivity contribution is 0.808. The average molecular weight is 344 g/mol. The van der Waals surface area contributed by atoms with Crippen LogP contribution in [-0.4, -0.2) is 16.1 Å². The number of aryl methyl sites for hydroxylation is 2. The van der Waals surface area contributed by atoms with Gasteiger partial charge in [-0.05, 0) is 37.3 Å². The van der Waals surface area contributed by atoms with E-state index in [2.05, 4.69) is 82.2 Å². The van der Waals surface area contributed by atoms with Gasteiger partial charge < -0.3 is 9.88 Å². The van der Waals surface area contributed by atoms with E-state index in [1.807, 2.05) is 0 Å². The zero-order valence-electron chi connectivity index (χ0n) is 12.2. The molecule has 0 radical (unpaired) electrons. The Bertz CT molecular complexity index is 760. The van der Waals surface area contributed by atoms with E-state index in [0.717, 1.165) is 34.5 Å². The van der Waals surface area contributed by atoms with Crippen LogP contribution >= 0.6 is 15.9 Å². The van der Waals surface area contributed by atoms with Crippen molar-refractivity contribution in [1.82, 2.24) is 9.55 Å². The highest BCUT2D eigenvalue weighted by molar-refractivity contribution is 9.10. The van der Waals surface area contributed by atoms with Crippen LogP contribution in [0, 0.1) is 6.92 Å². The fourth-order valence-corrected chi connectivity index (χ4v) is 2.79.